The summed E-state index contributed by atoms with van der Waals surface area (Å²) in [4.78, 5) is 29.0. The lowest BCUT2D eigenvalue weighted by Gasteiger charge is -2.32. The average Bonchev–Trinajstić information content (AvgIpc) is 3.19. The highest BCUT2D eigenvalue weighted by Crippen LogP contribution is 2.41. The first-order valence-corrected chi connectivity index (χ1v) is 11.0. The molecule has 0 aliphatic carbocycles. The van der Waals surface area contributed by atoms with E-state index in [0.29, 0.717) is 24.5 Å². The number of rotatable bonds is 3. The third-order valence-corrected chi connectivity index (χ3v) is 6.05. The molecule has 0 saturated carbocycles. The van der Waals surface area contributed by atoms with Gasteiger partial charge in [0, 0.05) is 25.2 Å². The van der Waals surface area contributed by atoms with Crippen LogP contribution in [0.4, 0.5) is 19.3 Å². The topological polar surface area (TPSA) is 94.4 Å². The number of pyridine rings is 1. The lowest BCUT2D eigenvalue weighted by Crippen LogP contribution is -2.46. The number of anilines is 1. The van der Waals surface area contributed by atoms with Crippen molar-refractivity contribution in [2.45, 2.75) is 19.4 Å². The Balaban J connectivity index is 1.61. The minimum absolute atomic E-state index is 0.00107. The van der Waals surface area contributed by atoms with Crippen molar-refractivity contribution < 1.29 is 32.6 Å². The summed E-state index contributed by atoms with van der Waals surface area (Å²) >= 11 is 0. The van der Waals surface area contributed by atoms with E-state index in [0.717, 1.165) is 11.6 Å². The van der Waals surface area contributed by atoms with E-state index in [9.17, 15) is 9.59 Å². The number of morpholine rings is 1. The van der Waals surface area contributed by atoms with Gasteiger partial charge in [0.15, 0.2) is 11.6 Å². The smallest absolute Gasteiger partial charge is 0.409 e. The molecular weight excluding hydrogens is 462 g/mol. The number of carbonyl (C=O) groups is 1. The minimum atomic E-state index is -0.931. The van der Waals surface area contributed by atoms with Crippen LogP contribution in [0.15, 0.2) is 30.1 Å². The van der Waals surface area contributed by atoms with Gasteiger partial charge in [-0.3, -0.25) is 0 Å². The van der Waals surface area contributed by atoms with Crippen molar-refractivity contribution in [3.8, 4) is 17.0 Å². The molecule has 2 aliphatic heterocycles. The Morgan fingerprint density at radius 1 is 1.37 bits per heavy atom. The maximum Gasteiger partial charge on any atom is 0.409 e. The lowest BCUT2D eigenvalue weighted by molar-refractivity contribution is -0.0241. The zero-order valence-corrected chi connectivity index (χ0v) is 19.1. The number of methoxy groups -OCH3 is 1. The van der Waals surface area contributed by atoms with Gasteiger partial charge in [-0.25, -0.2) is 23.4 Å². The number of hydrogen-bond donors (Lipinski definition) is 1. The number of benzene rings is 1. The molecule has 35 heavy (non-hydrogen) atoms. The molecule has 0 unspecified atom stereocenters. The number of nitrogens with zero attached hydrogens (tertiary/aromatic N) is 3. The molecule has 9 nitrogen and oxygen atoms in total. The molecule has 1 atom stereocenters. The zero-order valence-electron chi connectivity index (χ0n) is 19.1. The predicted octanol–water partition coefficient (Wildman–Crippen LogP) is 3.12. The maximum absolute atomic E-state index is 15.6. The second-order valence-corrected chi connectivity index (χ2v) is 8.37. The largest absolute Gasteiger partial charge is 0.481 e. The van der Waals surface area contributed by atoms with Crippen molar-refractivity contribution in [3.63, 3.8) is 0 Å². The summed E-state index contributed by atoms with van der Waals surface area (Å²) in [6, 6.07) is 4.74. The molecule has 1 N–H and O–H groups in total. The van der Waals surface area contributed by atoms with E-state index in [2.05, 4.69) is 10.3 Å². The fourth-order valence-electron chi connectivity index (χ4n) is 4.40. The first kappa shape index (κ1) is 22.8. The van der Waals surface area contributed by atoms with Crippen LogP contribution in [0.2, 0.25) is 0 Å². The van der Waals surface area contributed by atoms with E-state index in [1.807, 2.05) is 19.1 Å². The molecule has 0 radical (unpaired) electrons. The van der Waals surface area contributed by atoms with Gasteiger partial charge in [-0.1, -0.05) is 0 Å². The fraction of sp³-hybridized carbons (Fsp3) is 0.333. The van der Waals surface area contributed by atoms with Crippen molar-refractivity contribution in [2.75, 3.05) is 38.7 Å². The molecule has 0 bridgehead atoms. The highest BCUT2D eigenvalue weighted by atomic mass is 19.1. The molecule has 4 heterocycles. The summed E-state index contributed by atoms with van der Waals surface area (Å²) in [5.74, 6) is -0.361. The Labute approximate surface area is 198 Å². The van der Waals surface area contributed by atoms with E-state index in [-0.39, 0.29) is 48.0 Å². The standard InChI is InChI=1S/C24H22F2N4O5/c1-13-3-4-30-18(8-15-10-29(5-6-34-15)24(32)33-2)22(28-19(30)7-13)20-16(25)9-17-23(21(20)26)35-12-14(11-31)27-17/h3-4,7,9,15,27H,5-6,8,10,12H2,1-2H3/t15-/m0/s1. The highest BCUT2D eigenvalue weighted by molar-refractivity contribution is 5.77. The van der Waals surface area contributed by atoms with Gasteiger partial charge in [-0.05, 0) is 24.6 Å². The number of hydrogen-bond acceptors (Lipinski definition) is 7. The maximum atomic E-state index is 15.6. The number of nitrogens with one attached hydrogen (secondary N) is 1. The van der Waals surface area contributed by atoms with Gasteiger partial charge < -0.3 is 28.8 Å². The molecule has 2 aliphatic rings. The summed E-state index contributed by atoms with van der Waals surface area (Å²) in [6.45, 7) is 2.63. The number of fused-ring (bicyclic) bond motifs is 2. The van der Waals surface area contributed by atoms with Gasteiger partial charge in [0.1, 0.15) is 29.7 Å². The quantitative estimate of drug-likeness (QED) is 0.571. The van der Waals surface area contributed by atoms with E-state index in [4.69, 9.17) is 14.2 Å². The van der Waals surface area contributed by atoms with Gasteiger partial charge in [-0.15, -0.1) is 0 Å². The van der Waals surface area contributed by atoms with Crippen LogP contribution in [-0.2, 0) is 20.7 Å². The molecule has 11 heteroatoms. The molecule has 1 saturated heterocycles. The molecule has 5 rings (SSSR count). The number of aromatic nitrogens is 2. The van der Waals surface area contributed by atoms with Crippen LogP contribution >= 0.6 is 0 Å². The molecule has 0 spiro atoms. The van der Waals surface area contributed by atoms with Crippen molar-refractivity contribution >= 4 is 23.4 Å². The predicted molar refractivity (Wildman–Crippen MR) is 121 cm³/mol. The first-order valence-electron chi connectivity index (χ1n) is 11.0. The average molecular weight is 484 g/mol. The molecule has 182 valence electrons. The minimum Gasteiger partial charge on any atom is -0.481 e. The number of amides is 1. The van der Waals surface area contributed by atoms with Crippen LogP contribution in [-0.4, -0.2) is 65.8 Å². The Morgan fingerprint density at radius 3 is 2.97 bits per heavy atom. The van der Waals surface area contributed by atoms with E-state index in [1.165, 1.54) is 12.0 Å². The third kappa shape index (κ3) is 4.09. The normalized spacial score (nSPS) is 17.4. The van der Waals surface area contributed by atoms with E-state index < -0.39 is 23.8 Å². The summed E-state index contributed by atoms with van der Waals surface area (Å²) in [7, 11) is 1.31. The lowest BCUT2D eigenvalue weighted by atomic mass is 10.0. The second kappa shape index (κ2) is 9.01. The Bertz CT molecular complexity index is 1380. The first-order chi connectivity index (χ1) is 16.9. The summed E-state index contributed by atoms with van der Waals surface area (Å²) < 4.78 is 48.8. The van der Waals surface area contributed by atoms with E-state index >= 15 is 8.78 Å². The highest BCUT2D eigenvalue weighted by Gasteiger charge is 2.31. The van der Waals surface area contributed by atoms with Crippen molar-refractivity contribution in [1.82, 2.24) is 14.3 Å². The molecule has 1 amide bonds. The monoisotopic (exact) mass is 484 g/mol. The van der Waals surface area contributed by atoms with Crippen LogP contribution in [0.5, 0.6) is 5.75 Å². The Morgan fingerprint density at radius 2 is 2.20 bits per heavy atom. The van der Waals surface area contributed by atoms with Gasteiger partial charge in [-0.2, -0.15) is 0 Å². The molecule has 2 aromatic heterocycles. The Hall–Kier alpha value is -3.95. The summed E-state index contributed by atoms with van der Waals surface area (Å²) in [5.41, 5.74) is 1.76. The third-order valence-electron chi connectivity index (χ3n) is 6.05. The van der Waals surface area contributed by atoms with Crippen molar-refractivity contribution in [3.05, 3.63) is 53.0 Å². The molecule has 1 fully saturated rings. The number of ether oxygens (including phenoxy) is 3. The second-order valence-electron chi connectivity index (χ2n) is 8.37. The summed E-state index contributed by atoms with van der Waals surface area (Å²) in [6.07, 6.45) is 1.11. The van der Waals surface area contributed by atoms with Crippen LogP contribution in [0.25, 0.3) is 16.9 Å². The number of imidazole rings is 1. The summed E-state index contributed by atoms with van der Waals surface area (Å²) in [5, 5.41) is 2.64. The number of aryl methyl sites for hydroxylation is 1. The van der Waals surface area contributed by atoms with Crippen LogP contribution in [0.3, 0.4) is 0 Å². The Kier molecular flexibility index (Phi) is 5.88. The molecule has 1 aromatic carbocycles. The SMILES string of the molecule is COC(=O)N1CCO[C@@H](Cc2c(-c3c(F)cc4c(c3F)OCC(=C=O)N4)nc3cc(C)ccn23)C1. The van der Waals surface area contributed by atoms with Crippen molar-refractivity contribution in [1.29, 1.82) is 0 Å². The van der Waals surface area contributed by atoms with Crippen molar-refractivity contribution in [2.24, 2.45) is 0 Å². The van der Waals surface area contributed by atoms with Crippen LogP contribution in [0.1, 0.15) is 11.3 Å². The zero-order chi connectivity index (χ0) is 24.7. The number of halogens is 2. The van der Waals surface area contributed by atoms with Crippen LogP contribution in [0, 0.1) is 18.6 Å². The van der Waals surface area contributed by atoms with Gasteiger partial charge in [0.05, 0.1) is 49.0 Å². The van der Waals surface area contributed by atoms with Gasteiger partial charge in [0.25, 0.3) is 0 Å². The van der Waals surface area contributed by atoms with Gasteiger partial charge >= 0.3 is 6.09 Å². The van der Waals surface area contributed by atoms with E-state index in [1.54, 1.807) is 16.5 Å². The van der Waals surface area contributed by atoms with Gasteiger partial charge in [0.2, 0.25) is 0 Å². The number of carbonyl (C=O) groups excluding carboxylic acids is 2. The fourth-order valence-corrected chi connectivity index (χ4v) is 4.40. The molecule has 3 aromatic rings. The van der Waals surface area contributed by atoms with Crippen LogP contribution < -0.4 is 10.1 Å². The molecular formula is C24H22F2N4O5.